The summed E-state index contributed by atoms with van der Waals surface area (Å²) in [6.07, 6.45) is 3.94. The Hall–Kier alpha value is -2.30. The molecule has 122 valence electrons. The van der Waals surface area contributed by atoms with Crippen LogP contribution in [0, 0.1) is 11.8 Å². The summed E-state index contributed by atoms with van der Waals surface area (Å²) in [6, 6.07) is 7.81. The van der Waals surface area contributed by atoms with E-state index in [4.69, 9.17) is 0 Å². The normalized spacial score (nSPS) is 15.3. The van der Waals surface area contributed by atoms with Gasteiger partial charge in [-0.3, -0.25) is 4.79 Å². The van der Waals surface area contributed by atoms with Gasteiger partial charge in [0.05, 0.1) is 23.3 Å². The van der Waals surface area contributed by atoms with Crippen LogP contribution in [0.4, 0.5) is 0 Å². The van der Waals surface area contributed by atoms with E-state index in [0.717, 1.165) is 23.5 Å². The molecule has 23 heavy (non-hydrogen) atoms. The molecule has 3 rings (SSSR count). The van der Waals surface area contributed by atoms with Crippen LogP contribution in [0.25, 0.3) is 16.7 Å². The molecule has 0 radical (unpaired) electrons. The Bertz CT molecular complexity index is 669. The molecule has 3 N–H and O–H groups in total. The Kier molecular flexibility index (Phi) is 4.65. The molecule has 1 amide bonds. The molecular formula is C18H24N4O. The minimum absolute atomic E-state index is 0.00934. The lowest BCUT2D eigenvalue weighted by atomic mass is 10.1. The Morgan fingerprint density at radius 2 is 2.17 bits per heavy atom. The largest absolute Gasteiger partial charge is 0.374 e. The van der Waals surface area contributed by atoms with Crippen molar-refractivity contribution in [3.8, 4) is 0 Å². The van der Waals surface area contributed by atoms with Crippen molar-refractivity contribution in [2.24, 2.45) is 11.8 Å². The lowest BCUT2D eigenvalue weighted by Crippen LogP contribution is -2.35. The van der Waals surface area contributed by atoms with Crippen LogP contribution in [0.2, 0.25) is 0 Å². The van der Waals surface area contributed by atoms with Crippen LogP contribution in [-0.4, -0.2) is 29.0 Å². The number of benzene rings is 1. The number of amides is 1. The van der Waals surface area contributed by atoms with E-state index in [1.807, 2.05) is 24.3 Å². The molecule has 0 spiro atoms. The summed E-state index contributed by atoms with van der Waals surface area (Å²) in [5, 5.41) is 6.01. The number of aromatic nitrogens is 2. The predicted octanol–water partition coefficient (Wildman–Crippen LogP) is 2.68. The number of H-pyrrole nitrogens is 1. The standard InChI is InChI=1S/C18H24N4O/c1-12(9-14-7-8-14)10-20-17(23)11-19-13(2)18-21-15-5-3-4-6-16(15)22-18/h3-6,12,14,19H,2,7-11H2,1H3,(H,20,23)(H,21,22)/t12-/m0/s1. The molecule has 1 fully saturated rings. The second-order valence-electron chi connectivity index (χ2n) is 6.52. The average molecular weight is 312 g/mol. The van der Waals surface area contributed by atoms with Gasteiger partial charge in [0, 0.05) is 6.54 Å². The smallest absolute Gasteiger partial charge is 0.239 e. The molecular weight excluding hydrogens is 288 g/mol. The fourth-order valence-electron chi connectivity index (χ4n) is 2.72. The van der Waals surface area contributed by atoms with E-state index in [0.29, 0.717) is 17.4 Å². The zero-order valence-electron chi connectivity index (χ0n) is 13.6. The highest BCUT2D eigenvalue weighted by molar-refractivity contribution is 5.81. The Morgan fingerprint density at radius 1 is 1.39 bits per heavy atom. The van der Waals surface area contributed by atoms with Crippen molar-refractivity contribution in [1.29, 1.82) is 0 Å². The van der Waals surface area contributed by atoms with Crippen LogP contribution in [0.15, 0.2) is 30.8 Å². The third kappa shape index (κ3) is 4.34. The van der Waals surface area contributed by atoms with E-state index in [-0.39, 0.29) is 12.5 Å². The molecule has 0 aliphatic heterocycles. The highest BCUT2D eigenvalue weighted by Crippen LogP contribution is 2.34. The lowest BCUT2D eigenvalue weighted by molar-refractivity contribution is -0.120. The molecule has 1 aromatic heterocycles. The Labute approximate surface area is 136 Å². The van der Waals surface area contributed by atoms with E-state index >= 15 is 0 Å². The van der Waals surface area contributed by atoms with Gasteiger partial charge >= 0.3 is 0 Å². The van der Waals surface area contributed by atoms with Gasteiger partial charge in [0.25, 0.3) is 0 Å². The molecule has 5 heteroatoms. The van der Waals surface area contributed by atoms with Crippen LogP contribution in [0.5, 0.6) is 0 Å². The van der Waals surface area contributed by atoms with Gasteiger partial charge in [-0.25, -0.2) is 4.98 Å². The summed E-state index contributed by atoms with van der Waals surface area (Å²) in [5.74, 6) is 2.10. The molecule has 1 saturated carbocycles. The van der Waals surface area contributed by atoms with E-state index < -0.39 is 0 Å². The van der Waals surface area contributed by atoms with Crippen LogP contribution in [0.1, 0.15) is 32.0 Å². The monoisotopic (exact) mass is 312 g/mol. The number of hydrogen-bond acceptors (Lipinski definition) is 3. The summed E-state index contributed by atoms with van der Waals surface area (Å²) in [4.78, 5) is 19.6. The number of nitrogens with zero attached hydrogens (tertiary/aromatic N) is 1. The zero-order valence-corrected chi connectivity index (χ0v) is 13.6. The first-order valence-electron chi connectivity index (χ1n) is 8.26. The van der Waals surface area contributed by atoms with Crippen molar-refractivity contribution in [2.75, 3.05) is 13.1 Å². The molecule has 1 aliphatic carbocycles. The van der Waals surface area contributed by atoms with Gasteiger partial charge in [0.2, 0.25) is 5.91 Å². The number of carbonyl (C=O) groups is 1. The number of hydrogen-bond donors (Lipinski definition) is 3. The molecule has 0 bridgehead atoms. The van der Waals surface area contributed by atoms with Crippen molar-refractivity contribution >= 4 is 22.6 Å². The molecule has 1 aromatic carbocycles. The van der Waals surface area contributed by atoms with E-state index in [9.17, 15) is 4.79 Å². The van der Waals surface area contributed by atoms with Crippen molar-refractivity contribution in [1.82, 2.24) is 20.6 Å². The second-order valence-corrected chi connectivity index (χ2v) is 6.52. The molecule has 5 nitrogen and oxygen atoms in total. The van der Waals surface area contributed by atoms with E-state index in [1.165, 1.54) is 19.3 Å². The molecule has 0 unspecified atom stereocenters. The molecule has 1 aliphatic rings. The van der Waals surface area contributed by atoms with Crippen LogP contribution in [0.3, 0.4) is 0 Å². The Morgan fingerprint density at radius 3 is 2.91 bits per heavy atom. The first-order valence-corrected chi connectivity index (χ1v) is 8.26. The van der Waals surface area contributed by atoms with Gasteiger partial charge in [0.15, 0.2) is 5.82 Å². The topological polar surface area (TPSA) is 69.8 Å². The highest BCUT2D eigenvalue weighted by Gasteiger charge is 2.23. The number of fused-ring (bicyclic) bond motifs is 1. The summed E-state index contributed by atoms with van der Waals surface area (Å²) in [5.41, 5.74) is 2.48. The SMILES string of the molecule is C=C(NCC(=O)NC[C@@H](C)CC1CC1)c1nc2ccccc2[nH]1. The van der Waals surface area contributed by atoms with Gasteiger partial charge in [0.1, 0.15) is 0 Å². The summed E-state index contributed by atoms with van der Waals surface area (Å²) >= 11 is 0. The fraction of sp³-hybridized carbons (Fsp3) is 0.444. The summed E-state index contributed by atoms with van der Waals surface area (Å²) < 4.78 is 0. The third-order valence-corrected chi connectivity index (χ3v) is 4.22. The van der Waals surface area contributed by atoms with Crippen LogP contribution >= 0.6 is 0 Å². The number of imidazole rings is 1. The third-order valence-electron chi connectivity index (χ3n) is 4.22. The minimum atomic E-state index is -0.00934. The summed E-state index contributed by atoms with van der Waals surface area (Å²) in [7, 11) is 0. The van der Waals surface area contributed by atoms with Crippen LogP contribution < -0.4 is 10.6 Å². The summed E-state index contributed by atoms with van der Waals surface area (Å²) in [6.45, 7) is 7.10. The molecule has 1 atom stereocenters. The maximum absolute atomic E-state index is 11.9. The molecule has 1 heterocycles. The average Bonchev–Trinajstić information content (AvgIpc) is 3.25. The van der Waals surface area contributed by atoms with Crippen LogP contribution in [-0.2, 0) is 4.79 Å². The number of carbonyl (C=O) groups excluding carboxylic acids is 1. The highest BCUT2D eigenvalue weighted by atomic mass is 16.1. The maximum atomic E-state index is 11.9. The second kappa shape index (κ2) is 6.86. The van der Waals surface area contributed by atoms with E-state index in [1.54, 1.807) is 0 Å². The molecule has 0 saturated heterocycles. The Balaban J connectivity index is 1.43. The minimum Gasteiger partial charge on any atom is -0.374 e. The first-order chi connectivity index (χ1) is 11.1. The fourth-order valence-corrected chi connectivity index (χ4v) is 2.72. The quantitative estimate of drug-likeness (QED) is 0.702. The maximum Gasteiger partial charge on any atom is 0.239 e. The van der Waals surface area contributed by atoms with Crippen molar-refractivity contribution < 1.29 is 4.79 Å². The van der Waals surface area contributed by atoms with Gasteiger partial charge in [-0.15, -0.1) is 0 Å². The molecule has 2 aromatic rings. The van der Waals surface area contributed by atoms with Crippen molar-refractivity contribution in [3.63, 3.8) is 0 Å². The number of rotatable bonds is 8. The van der Waals surface area contributed by atoms with Gasteiger partial charge in [-0.1, -0.05) is 38.5 Å². The lowest BCUT2D eigenvalue weighted by Gasteiger charge is -2.13. The first kappa shape index (κ1) is 15.6. The van der Waals surface area contributed by atoms with Gasteiger partial charge in [-0.2, -0.15) is 0 Å². The van der Waals surface area contributed by atoms with Gasteiger partial charge in [-0.05, 0) is 30.4 Å². The number of aromatic amines is 1. The number of para-hydroxylation sites is 2. The van der Waals surface area contributed by atoms with Gasteiger partial charge < -0.3 is 15.6 Å². The predicted molar refractivity (Wildman–Crippen MR) is 92.6 cm³/mol. The van der Waals surface area contributed by atoms with Crippen molar-refractivity contribution in [3.05, 3.63) is 36.7 Å². The van der Waals surface area contributed by atoms with Crippen molar-refractivity contribution in [2.45, 2.75) is 26.2 Å². The number of nitrogens with one attached hydrogen (secondary N) is 3. The zero-order chi connectivity index (χ0) is 16.2. The van der Waals surface area contributed by atoms with E-state index in [2.05, 4.69) is 34.1 Å².